The molecule has 160 valence electrons. The summed E-state index contributed by atoms with van der Waals surface area (Å²) in [4.78, 5) is 19.1. The first kappa shape index (κ1) is 21.3. The molecule has 0 N–H and O–H groups in total. The van der Waals surface area contributed by atoms with Crippen molar-refractivity contribution >= 4 is 42.4 Å². The van der Waals surface area contributed by atoms with Gasteiger partial charge in [-0.25, -0.2) is 13.4 Å². The number of rotatable bonds is 8. The summed E-state index contributed by atoms with van der Waals surface area (Å²) in [6.07, 6.45) is 2.42. The monoisotopic (exact) mass is 454 g/mol. The van der Waals surface area contributed by atoms with Gasteiger partial charge in [-0.2, -0.15) is 0 Å². The van der Waals surface area contributed by atoms with E-state index in [-0.39, 0.29) is 12.3 Å². The van der Waals surface area contributed by atoms with Crippen molar-refractivity contribution in [3.8, 4) is 0 Å². The van der Waals surface area contributed by atoms with Gasteiger partial charge >= 0.3 is 0 Å². The second kappa shape index (κ2) is 9.03. The molecule has 0 bridgehead atoms. The van der Waals surface area contributed by atoms with Gasteiger partial charge in [0.2, 0.25) is 5.91 Å². The molecule has 2 heterocycles. The molecule has 0 atom stereocenters. The van der Waals surface area contributed by atoms with Crippen LogP contribution in [0.3, 0.4) is 0 Å². The van der Waals surface area contributed by atoms with Gasteiger partial charge in [0.25, 0.3) is 0 Å². The first-order valence-electron chi connectivity index (χ1n) is 9.90. The molecule has 1 amide bonds. The van der Waals surface area contributed by atoms with E-state index >= 15 is 0 Å². The Morgan fingerprint density at radius 1 is 1.06 bits per heavy atom. The number of anilines is 1. The molecule has 4 aromatic rings. The minimum atomic E-state index is -3.65. The first-order chi connectivity index (χ1) is 14.9. The van der Waals surface area contributed by atoms with Gasteiger partial charge in [0.15, 0.2) is 15.0 Å². The second-order valence-electron chi connectivity index (χ2n) is 7.23. The van der Waals surface area contributed by atoms with Crippen LogP contribution in [0.5, 0.6) is 0 Å². The van der Waals surface area contributed by atoms with Crippen molar-refractivity contribution in [3.63, 3.8) is 0 Å². The van der Waals surface area contributed by atoms with Crippen molar-refractivity contribution in [1.29, 1.82) is 0 Å². The standard InChI is InChI=1S/C23H22N2O4S2/c1-2-17-10-11-20-21(13-17)30-23(24-20)25(14-19-9-6-12-29-19)22(26)16-31(27,28)15-18-7-4-3-5-8-18/h3-13H,2,14-16H2,1H3. The van der Waals surface area contributed by atoms with Crippen LogP contribution in [0, 0.1) is 0 Å². The maximum absolute atomic E-state index is 13.1. The topological polar surface area (TPSA) is 80.5 Å². The van der Waals surface area contributed by atoms with Crippen LogP contribution in [-0.4, -0.2) is 25.1 Å². The Bertz CT molecular complexity index is 1280. The zero-order chi connectivity index (χ0) is 21.8. The average molecular weight is 455 g/mol. The Kier molecular flexibility index (Phi) is 6.20. The maximum atomic E-state index is 13.1. The summed E-state index contributed by atoms with van der Waals surface area (Å²) < 4.78 is 31.8. The molecule has 0 aliphatic heterocycles. The van der Waals surface area contributed by atoms with Crippen LogP contribution in [0.15, 0.2) is 71.3 Å². The third-order valence-corrected chi connectivity index (χ3v) is 7.35. The number of carbonyl (C=O) groups excluding carboxylic acids is 1. The highest BCUT2D eigenvalue weighted by Crippen LogP contribution is 2.31. The summed E-state index contributed by atoms with van der Waals surface area (Å²) in [6.45, 7) is 2.20. The normalized spacial score (nSPS) is 11.6. The molecule has 2 aromatic heterocycles. The van der Waals surface area contributed by atoms with Crippen LogP contribution >= 0.6 is 11.3 Å². The molecule has 0 unspecified atom stereocenters. The maximum Gasteiger partial charge on any atom is 0.244 e. The minimum Gasteiger partial charge on any atom is -0.467 e. The fourth-order valence-electron chi connectivity index (χ4n) is 3.26. The largest absolute Gasteiger partial charge is 0.467 e. The molecule has 4 rings (SSSR count). The number of furan rings is 1. The minimum absolute atomic E-state index is 0.118. The first-order valence-corrected chi connectivity index (χ1v) is 12.5. The van der Waals surface area contributed by atoms with Crippen LogP contribution in [-0.2, 0) is 33.4 Å². The third-order valence-electron chi connectivity index (χ3n) is 4.85. The summed E-state index contributed by atoms with van der Waals surface area (Å²) in [7, 11) is -3.65. The van der Waals surface area contributed by atoms with E-state index in [1.54, 1.807) is 36.4 Å². The molecular weight excluding hydrogens is 432 g/mol. The van der Waals surface area contributed by atoms with Gasteiger partial charge in [0, 0.05) is 0 Å². The molecule has 0 radical (unpaired) electrons. The molecule has 0 saturated heterocycles. The van der Waals surface area contributed by atoms with Crippen molar-refractivity contribution in [3.05, 3.63) is 83.8 Å². The van der Waals surface area contributed by atoms with E-state index in [1.165, 1.54) is 28.1 Å². The molecular formula is C23H22N2O4S2. The summed E-state index contributed by atoms with van der Waals surface area (Å²) in [6, 6.07) is 18.3. The van der Waals surface area contributed by atoms with E-state index in [0.29, 0.717) is 16.5 Å². The highest BCUT2D eigenvalue weighted by molar-refractivity contribution is 7.91. The van der Waals surface area contributed by atoms with Gasteiger partial charge in [-0.05, 0) is 41.8 Å². The lowest BCUT2D eigenvalue weighted by Crippen LogP contribution is -2.35. The molecule has 6 nitrogen and oxygen atoms in total. The summed E-state index contributed by atoms with van der Waals surface area (Å²) in [5, 5.41) is 0.458. The van der Waals surface area contributed by atoms with E-state index in [2.05, 4.69) is 18.0 Å². The SMILES string of the molecule is CCc1ccc2nc(N(Cc3ccco3)C(=O)CS(=O)(=O)Cc3ccccc3)sc2c1. The average Bonchev–Trinajstić information content (AvgIpc) is 3.40. The van der Waals surface area contributed by atoms with E-state index < -0.39 is 21.5 Å². The predicted octanol–water partition coefficient (Wildman–Crippen LogP) is 4.60. The number of benzene rings is 2. The fraction of sp³-hybridized carbons (Fsp3) is 0.217. The van der Waals surface area contributed by atoms with Crippen LogP contribution in [0.2, 0.25) is 0 Å². The number of amides is 1. The summed E-state index contributed by atoms with van der Waals surface area (Å²) in [5.41, 5.74) is 2.61. The highest BCUT2D eigenvalue weighted by atomic mass is 32.2. The number of fused-ring (bicyclic) bond motifs is 1. The van der Waals surface area contributed by atoms with Crippen molar-refractivity contribution in [2.45, 2.75) is 25.6 Å². The van der Waals surface area contributed by atoms with Gasteiger partial charge in [-0.3, -0.25) is 9.69 Å². The number of aromatic nitrogens is 1. The predicted molar refractivity (Wildman–Crippen MR) is 123 cm³/mol. The van der Waals surface area contributed by atoms with Crippen LogP contribution in [0.4, 0.5) is 5.13 Å². The number of hydrogen-bond donors (Lipinski definition) is 0. The molecule has 0 spiro atoms. The lowest BCUT2D eigenvalue weighted by molar-refractivity contribution is -0.116. The molecule has 0 saturated carbocycles. The van der Waals surface area contributed by atoms with E-state index in [1.807, 2.05) is 18.2 Å². The van der Waals surface area contributed by atoms with Crippen molar-refractivity contribution < 1.29 is 17.6 Å². The fourth-order valence-corrected chi connectivity index (χ4v) is 5.64. The molecule has 2 aromatic carbocycles. The Labute approximate surface area is 185 Å². The van der Waals surface area contributed by atoms with Gasteiger partial charge in [-0.1, -0.05) is 54.7 Å². The highest BCUT2D eigenvalue weighted by Gasteiger charge is 2.26. The number of carbonyl (C=O) groups is 1. The Morgan fingerprint density at radius 3 is 2.58 bits per heavy atom. The van der Waals surface area contributed by atoms with E-state index in [4.69, 9.17) is 4.42 Å². The van der Waals surface area contributed by atoms with Gasteiger partial charge in [0.05, 0.1) is 28.8 Å². The van der Waals surface area contributed by atoms with Crippen LogP contribution in [0.1, 0.15) is 23.8 Å². The Balaban J connectivity index is 1.62. The van der Waals surface area contributed by atoms with Gasteiger partial charge < -0.3 is 4.42 Å². The van der Waals surface area contributed by atoms with Crippen molar-refractivity contribution in [2.75, 3.05) is 10.7 Å². The molecule has 0 aliphatic rings. The van der Waals surface area contributed by atoms with Crippen molar-refractivity contribution in [1.82, 2.24) is 4.98 Å². The number of hydrogen-bond acceptors (Lipinski definition) is 6. The van der Waals surface area contributed by atoms with Crippen LogP contribution < -0.4 is 4.90 Å². The van der Waals surface area contributed by atoms with Crippen molar-refractivity contribution in [2.24, 2.45) is 0 Å². The third kappa shape index (κ3) is 5.21. The van der Waals surface area contributed by atoms with E-state index in [0.717, 1.165) is 16.6 Å². The smallest absolute Gasteiger partial charge is 0.244 e. The number of nitrogens with zero attached hydrogens (tertiary/aromatic N) is 2. The Hall–Kier alpha value is -2.97. The molecule has 0 fully saturated rings. The van der Waals surface area contributed by atoms with E-state index in [9.17, 15) is 13.2 Å². The second-order valence-corrected chi connectivity index (χ2v) is 10.3. The summed E-state index contributed by atoms with van der Waals surface area (Å²) in [5.74, 6) is -0.753. The summed E-state index contributed by atoms with van der Waals surface area (Å²) >= 11 is 1.37. The molecule has 0 aliphatic carbocycles. The number of aryl methyl sites for hydroxylation is 1. The lowest BCUT2D eigenvalue weighted by Gasteiger charge is -2.18. The zero-order valence-electron chi connectivity index (χ0n) is 17.0. The van der Waals surface area contributed by atoms with Gasteiger partial charge in [0.1, 0.15) is 11.5 Å². The Morgan fingerprint density at radius 2 is 1.87 bits per heavy atom. The number of sulfone groups is 1. The molecule has 31 heavy (non-hydrogen) atoms. The zero-order valence-corrected chi connectivity index (χ0v) is 18.7. The number of thiazole rings is 1. The molecule has 8 heteroatoms. The quantitative estimate of drug-likeness (QED) is 0.389. The lowest BCUT2D eigenvalue weighted by atomic mass is 10.2. The van der Waals surface area contributed by atoms with Gasteiger partial charge in [-0.15, -0.1) is 0 Å². The van der Waals surface area contributed by atoms with Crippen LogP contribution in [0.25, 0.3) is 10.2 Å².